The first-order chi connectivity index (χ1) is 15.9. The maximum absolute atomic E-state index is 13.2. The van der Waals surface area contributed by atoms with Crippen molar-refractivity contribution in [1.82, 2.24) is 29.1 Å². The molecular formula is C24H30N8O. The Morgan fingerprint density at radius 3 is 2.52 bits per heavy atom. The Labute approximate surface area is 192 Å². The van der Waals surface area contributed by atoms with Crippen molar-refractivity contribution in [3.8, 4) is 0 Å². The Morgan fingerprint density at radius 1 is 1.00 bits per heavy atom. The lowest BCUT2D eigenvalue weighted by atomic mass is 10.0. The summed E-state index contributed by atoms with van der Waals surface area (Å²) in [5.41, 5.74) is 4.52. The second-order valence-corrected chi connectivity index (χ2v) is 8.78. The van der Waals surface area contributed by atoms with Crippen molar-refractivity contribution in [2.45, 2.75) is 46.6 Å². The minimum atomic E-state index is -0.228. The molecule has 4 aromatic heterocycles. The van der Waals surface area contributed by atoms with Crippen LogP contribution in [0.3, 0.4) is 0 Å². The van der Waals surface area contributed by atoms with Crippen molar-refractivity contribution in [3.05, 3.63) is 53.4 Å². The summed E-state index contributed by atoms with van der Waals surface area (Å²) in [4.78, 5) is 29.3. The number of piperidine rings is 1. The quantitative estimate of drug-likeness (QED) is 0.489. The number of amides is 1. The third-order valence-corrected chi connectivity index (χ3v) is 6.24. The Balaban J connectivity index is 1.43. The number of rotatable bonds is 5. The SMILES string of the molecule is CCNC1CCN(c2ccc(C(=O)Nc3cn4cc(C)nc(C)c4n3)c3nc(C)cn23)CC1. The fourth-order valence-electron chi connectivity index (χ4n) is 4.76. The second kappa shape index (κ2) is 8.47. The Bertz CT molecular complexity index is 1330. The number of aromatic nitrogens is 5. The number of hydrogen-bond acceptors (Lipinski definition) is 6. The van der Waals surface area contributed by atoms with Crippen LogP contribution in [0.5, 0.6) is 0 Å². The molecule has 0 aliphatic carbocycles. The largest absolute Gasteiger partial charge is 0.358 e. The maximum atomic E-state index is 13.2. The topological polar surface area (TPSA) is 91.9 Å². The molecule has 5 heterocycles. The summed E-state index contributed by atoms with van der Waals surface area (Å²) in [5.74, 6) is 1.34. The highest BCUT2D eigenvalue weighted by molar-refractivity contribution is 6.08. The first-order valence-electron chi connectivity index (χ1n) is 11.5. The molecule has 4 aromatic rings. The van der Waals surface area contributed by atoms with E-state index < -0.39 is 0 Å². The predicted octanol–water partition coefficient (Wildman–Crippen LogP) is 3.13. The lowest BCUT2D eigenvalue weighted by Gasteiger charge is -2.34. The minimum Gasteiger partial charge on any atom is -0.358 e. The highest BCUT2D eigenvalue weighted by Crippen LogP contribution is 2.25. The molecule has 0 aromatic carbocycles. The maximum Gasteiger partial charge on any atom is 0.260 e. The van der Waals surface area contributed by atoms with Crippen LogP contribution in [0.2, 0.25) is 0 Å². The zero-order valence-corrected chi connectivity index (χ0v) is 19.6. The predicted molar refractivity (Wildman–Crippen MR) is 129 cm³/mol. The molecule has 2 N–H and O–H groups in total. The van der Waals surface area contributed by atoms with E-state index in [9.17, 15) is 4.79 Å². The fourth-order valence-corrected chi connectivity index (χ4v) is 4.76. The van der Waals surface area contributed by atoms with E-state index in [0.717, 1.165) is 61.0 Å². The average Bonchev–Trinajstić information content (AvgIpc) is 3.36. The molecule has 172 valence electrons. The monoisotopic (exact) mass is 446 g/mol. The van der Waals surface area contributed by atoms with E-state index >= 15 is 0 Å². The molecule has 0 saturated carbocycles. The van der Waals surface area contributed by atoms with Gasteiger partial charge < -0.3 is 19.9 Å². The molecule has 1 aliphatic rings. The minimum absolute atomic E-state index is 0.228. The van der Waals surface area contributed by atoms with Gasteiger partial charge in [-0.25, -0.2) is 9.97 Å². The average molecular weight is 447 g/mol. The van der Waals surface area contributed by atoms with Crippen LogP contribution < -0.4 is 15.5 Å². The van der Waals surface area contributed by atoms with E-state index in [1.165, 1.54) is 0 Å². The van der Waals surface area contributed by atoms with Gasteiger partial charge in [0.05, 0.1) is 28.8 Å². The van der Waals surface area contributed by atoms with Gasteiger partial charge in [-0.15, -0.1) is 0 Å². The first-order valence-corrected chi connectivity index (χ1v) is 11.5. The van der Waals surface area contributed by atoms with Crippen LogP contribution in [0.25, 0.3) is 11.3 Å². The van der Waals surface area contributed by atoms with E-state index in [-0.39, 0.29) is 5.91 Å². The second-order valence-electron chi connectivity index (χ2n) is 8.78. The molecule has 0 spiro atoms. The molecular weight excluding hydrogens is 416 g/mol. The third kappa shape index (κ3) is 4.04. The number of carbonyl (C=O) groups excluding carboxylic acids is 1. The number of carbonyl (C=O) groups is 1. The van der Waals surface area contributed by atoms with Crippen molar-refractivity contribution in [2.75, 3.05) is 29.9 Å². The summed E-state index contributed by atoms with van der Waals surface area (Å²) in [7, 11) is 0. The molecule has 1 fully saturated rings. The molecule has 5 rings (SSSR count). The summed E-state index contributed by atoms with van der Waals surface area (Å²) >= 11 is 0. The van der Waals surface area contributed by atoms with Gasteiger partial charge in [0.1, 0.15) is 5.82 Å². The number of imidazole rings is 2. The van der Waals surface area contributed by atoms with Crippen molar-refractivity contribution in [3.63, 3.8) is 0 Å². The van der Waals surface area contributed by atoms with E-state index in [1.807, 2.05) is 60.3 Å². The number of aryl methyl sites for hydroxylation is 3. The Kier molecular flexibility index (Phi) is 5.49. The number of anilines is 2. The molecule has 9 heteroatoms. The van der Waals surface area contributed by atoms with Gasteiger partial charge >= 0.3 is 0 Å². The Morgan fingerprint density at radius 2 is 1.76 bits per heavy atom. The molecule has 1 amide bonds. The summed E-state index contributed by atoms with van der Waals surface area (Å²) in [6.45, 7) is 10.9. The molecule has 0 bridgehead atoms. The van der Waals surface area contributed by atoms with E-state index in [4.69, 9.17) is 0 Å². The normalized spacial score (nSPS) is 15.0. The molecule has 33 heavy (non-hydrogen) atoms. The van der Waals surface area contributed by atoms with Gasteiger partial charge in [0.15, 0.2) is 17.1 Å². The van der Waals surface area contributed by atoms with Gasteiger partial charge in [-0.3, -0.25) is 14.2 Å². The summed E-state index contributed by atoms with van der Waals surface area (Å²) in [6.07, 6.45) is 7.92. The first kappa shape index (κ1) is 21.4. The summed E-state index contributed by atoms with van der Waals surface area (Å²) in [5, 5.41) is 6.49. The molecule has 9 nitrogen and oxygen atoms in total. The molecule has 0 radical (unpaired) electrons. The van der Waals surface area contributed by atoms with Crippen molar-refractivity contribution in [2.24, 2.45) is 0 Å². The van der Waals surface area contributed by atoms with Crippen molar-refractivity contribution in [1.29, 1.82) is 0 Å². The van der Waals surface area contributed by atoms with Crippen LogP contribution in [-0.4, -0.2) is 55.3 Å². The smallest absolute Gasteiger partial charge is 0.260 e. The highest BCUT2D eigenvalue weighted by atomic mass is 16.1. The van der Waals surface area contributed by atoms with E-state index in [2.05, 4.69) is 37.4 Å². The van der Waals surface area contributed by atoms with Crippen LogP contribution in [0.1, 0.15) is 47.2 Å². The van der Waals surface area contributed by atoms with Gasteiger partial charge in [0.2, 0.25) is 0 Å². The lowest BCUT2D eigenvalue weighted by molar-refractivity contribution is 0.102. The molecule has 1 saturated heterocycles. The molecule has 0 atom stereocenters. The zero-order chi connectivity index (χ0) is 23.1. The van der Waals surface area contributed by atoms with Gasteiger partial charge in [-0.2, -0.15) is 0 Å². The number of nitrogens with one attached hydrogen (secondary N) is 2. The van der Waals surface area contributed by atoms with Crippen LogP contribution in [0, 0.1) is 20.8 Å². The lowest BCUT2D eigenvalue weighted by Crippen LogP contribution is -2.43. The van der Waals surface area contributed by atoms with Crippen LogP contribution in [-0.2, 0) is 0 Å². The van der Waals surface area contributed by atoms with E-state index in [1.54, 1.807) is 0 Å². The number of nitrogens with zero attached hydrogens (tertiary/aromatic N) is 6. The van der Waals surface area contributed by atoms with Crippen molar-refractivity contribution >= 4 is 28.8 Å². The van der Waals surface area contributed by atoms with Crippen molar-refractivity contribution < 1.29 is 4.79 Å². The summed E-state index contributed by atoms with van der Waals surface area (Å²) < 4.78 is 3.93. The van der Waals surface area contributed by atoms with Gasteiger partial charge in [0, 0.05) is 31.5 Å². The van der Waals surface area contributed by atoms with Crippen LogP contribution >= 0.6 is 0 Å². The fraction of sp³-hybridized carbons (Fsp3) is 0.417. The van der Waals surface area contributed by atoms with Crippen LogP contribution in [0.4, 0.5) is 11.6 Å². The zero-order valence-electron chi connectivity index (χ0n) is 19.6. The van der Waals surface area contributed by atoms with Gasteiger partial charge in [-0.1, -0.05) is 6.92 Å². The standard InChI is InChI=1S/C24H30N8O/c1-5-25-18-8-10-30(11-9-18)21-7-6-19(23-27-16(3)13-32(21)23)24(33)29-20-14-31-12-15(2)26-17(4)22(31)28-20/h6-7,12-14,18,25H,5,8-11H2,1-4H3,(H,29,33). The van der Waals surface area contributed by atoms with E-state index in [0.29, 0.717) is 23.1 Å². The van der Waals surface area contributed by atoms with Crippen LogP contribution in [0.15, 0.2) is 30.7 Å². The number of hydrogen-bond donors (Lipinski definition) is 2. The molecule has 1 aliphatic heterocycles. The Hall–Kier alpha value is -3.46. The third-order valence-electron chi connectivity index (χ3n) is 6.24. The highest BCUT2D eigenvalue weighted by Gasteiger charge is 2.23. The van der Waals surface area contributed by atoms with Gasteiger partial charge in [-0.05, 0) is 52.3 Å². The number of fused-ring (bicyclic) bond motifs is 2. The summed E-state index contributed by atoms with van der Waals surface area (Å²) in [6, 6.07) is 4.47. The molecule has 0 unspecified atom stereocenters. The number of pyridine rings is 1. The van der Waals surface area contributed by atoms with Gasteiger partial charge in [0.25, 0.3) is 5.91 Å².